The number of halogens is 1. The zero-order valence-corrected chi connectivity index (χ0v) is 20.2. The fourth-order valence-electron chi connectivity index (χ4n) is 4.94. The molecule has 2 aliphatic heterocycles. The van der Waals surface area contributed by atoms with Gasteiger partial charge in [-0.1, -0.05) is 47.5 Å². The van der Waals surface area contributed by atoms with Crippen LogP contribution in [0.5, 0.6) is 0 Å². The molecule has 2 fully saturated rings. The highest BCUT2D eigenvalue weighted by Gasteiger charge is 2.29. The molecular weight excluding hydrogens is 434 g/mol. The molecular formula is C27H34ClN3O2. The van der Waals surface area contributed by atoms with Crippen molar-refractivity contribution in [1.29, 1.82) is 0 Å². The van der Waals surface area contributed by atoms with Crippen LogP contribution in [0.1, 0.15) is 47.2 Å². The van der Waals surface area contributed by atoms with E-state index in [1.807, 2.05) is 54.3 Å². The van der Waals surface area contributed by atoms with Crippen LogP contribution in [0.25, 0.3) is 0 Å². The normalized spacial score (nSPS) is 19.9. The van der Waals surface area contributed by atoms with Crippen molar-refractivity contribution in [1.82, 2.24) is 15.1 Å². The van der Waals surface area contributed by atoms with E-state index in [-0.39, 0.29) is 17.7 Å². The van der Waals surface area contributed by atoms with Gasteiger partial charge in [0.15, 0.2) is 0 Å². The second-order valence-corrected chi connectivity index (χ2v) is 9.92. The molecule has 2 amide bonds. The highest BCUT2D eigenvalue weighted by Crippen LogP contribution is 2.23. The molecule has 33 heavy (non-hydrogen) atoms. The van der Waals surface area contributed by atoms with Gasteiger partial charge in [0.1, 0.15) is 0 Å². The molecule has 176 valence electrons. The Morgan fingerprint density at radius 2 is 1.82 bits per heavy atom. The highest BCUT2D eigenvalue weighted by molar-refractivity contribution is 6.31. The maximum atomic E-state index is 12.9. The van der Waals surface area contributed by atoms with Crippen LogP contribution in [-0.4, -0.2) is 54.3 Å². The van der Waals surface area contributed by atoms with Crippen LogP contribution in [0.4, 0.5) is 0 Å². The minimum absolute atomic E-state index is 0.0297. The number of nitrogens with one attached hydrogen (secondary N) is 1. The monoisotopic (exact) mass is 467 g/mol. The number of aryl methyl sites for hydroxylation is 1. The third-order valence-electron chi connectivity index (χ3n) is 6.97. The van der Waals surface area contributed by atoms with Gasteiger partial charge in [-0.2, -0.15) is 0 Å². The zero-order valence-electron chi connectivity index (χ0n) is 19.4. The van der Waals surface area contributed by atoms with Crippen LogP contribution in [0.3, 0.4) is 0 Å². The lowest BCUT2D eigenvalue weighted by molar-refractivity contribution is -0.126. The molecule has 1 N–H and O–H groups in total. The molecule has 0 unspecified atom stereocenters. The minimum Gasteiger partial charge on any atom is -0.356 e. The van der Waals surface area contributed by atoms with E-state index in [2.05, 4.69) is 16.3 Å². The van der Waals surface area contributed by atoms with Crippen molar-refractivity contribution in [3.63, 3.8) is 0 Å². The molecule has 2 saturated heterocycles. The fourth-order valence-corrected chi connectivity index (χ4v) is 5.14. The third kappa shape index (κ3) is 6.36. The van der Waals surface area contributed by atoms with Gasteiger partial charge < -0.3 is 10.2 Å². The first-order chi connectivity index (χ1) is 16.0. The van der Waals surface area contributed by atoms with E-state index in [1.54, 1.807) is 0 Å². The van der Waals surface area contributed by atoms with Gasteiger partial charge in [-0.05, 0) is 75.4 Å². The van der Waals surface area contributed by atoms with Gasteiger partial charge in [-0.3, -0.25) is 14.5 Å². The molecule has 0 aliphatic carbocycles. The molecule has 0 bridgehead atoms. The molecule has 2 aromatic carbocycles. The van der Waals surface area contributed by atoms with Crippen LogP contribution in [0.15, 0.2) is 48.5 Å². The molecule has 4 rings (SSSR count). The lowest BCUT2D eigenvalue weighted by atomic mass is 9.94. The molecule has 0 aromatic heterocycles. The zero-order chi connectivity index (χ0) is 23.2. The van der Waals surface area contributed by atoms with E-state index in [4.69, 9.17) is 11.6 Å². The van der Waals surface area contributed by atoms with Crippen molar-refractivity contribution in [2.24, 2.45) is 11.8 Å². The van der Waals surface area contributed by atoms with Gasteiger partial charge >= 0.3 is 0 Å². The van der Waals surface area contributed by atoms with Crippen LogP contribution < -0.4 is 5.32 Å². The smallest absolute Gasteiger partial charge is 0.253 e. The Labute approximate surface area is 202 Å². The van der Waals surface area contributed by atoms with Crippen molar-refractivity contribution >= 4 is 23.4 Å². The van der Waals surface area contributed by atoms with E-state index < -0.39 is 0 Å². The Morgan fingerprint density at radius 1 is 1.03 bits per heavy atom. The standard InChI is InChI=1S/C27H34ClN3O2/c1-20-6-4-8-22(16-20)27(33)31-13-5-9-24(19-31)26(32)29-17-21-11-14-30(15-12-21)18-23-7-2-3-10-25(23)28/h2-4,6-8,10,16,21,24H,5,9,11-15,17-19H2,1H3,(H,29,32)/t24-/m1/s1. The highest BCUT2D eigenvalue weighted by atomic mass is 35.5. The first-order valence-corrected chi connectivity index (χ1v) is 12.5. The Morgan fingerprint density at radius 3 is 2.58 bits per heavy atom. The van der Waals surface area contributed by atoms with Gasteiger partial charge in [0.05, 0.1) is 5.92 Å². The van der Waals surface area contributed by atoms with Crippen molar-refractivity contribution < 1.29 is 9.59 Å². The van der Waals surface area contributed by atoms with Gasteiger partial charge in [0.2, 0.25) is 5.91 Å². The molecule has 1 atom stereocenters. The molecule has 2 aliphatic rings. The van der Waals surface area contributed by atoms with E-state index in [0.717, 1.165) is 69.0 Å². The maximum absolute atomic E-state index is 12.9. The molecule has 0 spiro atoms. The summed E-state index contributed by atoms with van der Waals surface area (Å²) in [5.74, 6) is 0.509. The number of piperidine rings is 2. The number of hydrogen-bond acceptors (Lipinski definition) is 3. The number of amides is 2. The Hall–Kier alpha value is -2.37. The molecule has 6 heteroatoms. The summed E-state index contributed by atoms with van der Waals surface area (Å²) in [6.45, 7) is 6.87. The minimum atomic E-state index is -0.118. The molecule has 5 nitrogen and oxygen atoms in total. The number of carbonyl (C=O) groups is 2. The first kappa shape index (κ1) is 23.8. The number of hydrogen-bond donors (Lipinski definition) is 1. The molecule has 2 aromatic rings. The summed E-state index contributed by atoms with van der Waals surface area (Å²) in [4.78, 5) is 30.0. The number of likely N-dealkylation sites (tertiary alicyclic amines) is 2. The van der Waals surface area contributed by atoms with Crippen molar-refractivity contribution in [2.75, 3.05) is 32.7 Å². The van der Waals surface area contributed by atoms with Crippen molar-refractivity contribution in [2.45, 2.75) is 39.2 Å². The van der Waals surface area contributed by atoms with Gasteiger partial charge in [-0.15, -0.1) is 0 Å². The summed E-state index contributed by atoms with van der Waals surface area (Å²) in [7, 11) is 0. The lowest BCUT2D eigenvalue weighted by Gasteiger charge is -2.34. The SMILES string of the molecule is Cc1cccc(C(=O)N2CCC[C@@H](C(=O)NCC3CCN(Cc4ccccc4Cl)CC3)C2)c1. The van der Waals surface area contributed by atoms with Gasteiger partial charge in [-0.25, -0.2) is 0 Å². The molecule has 0 saturated carbocycles. The van der Waals surface area contributed by atoms with Crippen LogP contribution in [0.2, 0.25) is 5.02 Å². The number of carbonyl (C=O) groups excluding carboxylic acids is 2. The quantitative estimate of drug-likeness (QED) is 0.679. The summed E-state index contributed by atoms with van der Waals surface area (Å²) in [6, 6.07) is 15.7. The third-order valence-corrected chi connectivity index (χ3v) is 7.34. The maximum Gasteiger partial charge on any atom is 0.253 e. The van der Waals surface area contributed by atoms with E-state index in [9.17, 15) is 9.59 Å². The van der Waals surface area contributed by atoms with Gasteiger partial charge in [0.25, 0.3) is 5.91 Å². The number of nitrogens with zero attached hydrogens (tertiary/aromatic N) is 2. The Bertz CT molecular complexity index is 971. The summed E-state index contributed by atoms with van der Waals surface area (Å²) >= 11 is 6.30. The first-order valence-electron chi connectivity index (χ1n) is 12.1. The Balaban J connectivity index is 1.21. The predicted octanol–water partition coefficient (Wildman–Crippen LogP) is 4.53. The summed E-state index contributed by atoms with van der Waals surface area (Å²) < 4.78 is 0. The van der Waals surface area contributed by atoms with E-state index >= 15 is 0 Å². The molecule has 0 radical (unpaired) electrons. The topological polar surface area (TPSA) is 52.7 Å². The van der Waals surface area contributed by atoms with E-state index in [0.29, 0.717) is 18.0 Å². The second-order valence-electron chi connectivity index (χ2n) is 9.52. The predicted molar refractivity (Wildman–Crippen MR) is 132 cm³/mol. The molecule has 2 heterocycles. The largest absolute Gasteiger partial charge is 0.356 e. The van der Waals surface area contributed by atoms with E-state index in [1.165, 1.54) is 5.56 Å². The second kappa shape index (κ2) is 11.2. The average molecular weight is 468 g/mol. The summed E-state index contributed by atoms with van der Waals surface area (Å²) in [6.07, 6.45) is 3.87. The number of benzene rings is 2. The van der Waals surface area contributed by atoms with Crippen LogP contribution in [-0.2, 0) is 11.3 Å². The summed E-state index contributed by atoms with van der Waals surface area (Å²) in [5, 5.41) is 4.02. The summed E-state index contributed by atoms with van der Waals surface area (Å²) in [5.41, 5.74) is 2.96. The van der Waals surface area contributed by atoms with Crippen LogP contribution in [0, 0.1) is 18.8 Å². The van der Waals surface area contributed by atoms with Gasteiger partial charge in [0, 0.05) is 36.8 Å². The van der Waals surface area contributed by atoms with Crippen molar-refractivity contribution in [3.8, 4) is 0 Å². The van der Waals surface area contributed by atoms with Crippen LogP contribution >= 0.6 is 11.6 Å². The van der Waals surface area contributed by atoms with Crippen molar-refractivity contribution in [3.05, 3.63) is 70.2 Å². The average Bonchev–Trinajstić information content (AvgIpc) is 2.84. The number of rotatable bonds is 6. The Kier molecular flexibility index (Phi) is 8.05. The lowest BCUT2D eigenvalue weighted by Crippen LogP contribution is -2.46. The fraction of sp³-hybridized carbons (Fsp3) is 0.481.